The minimum absolute atomic E-state index is 0.236. The van der Waals surface area contributed by atoms with Crippen molar-refractivity contribution in [1.29, 1.82) is 0 Å². The number of carboxylic acid groups (broad SMARTS) is 1. The van der Waals surface area contributed by atoms with Gasteiger partial charge >= 0.3 is 11.8 Å². The van der Waals surface area contributed by atoms with E-state index in [4.69, 9.17) is 5.73 Å². The minimum Gasteiger partial charge on any atom is -0.465 e. The molecule has 202 valence electrons. The van der Waals surface area contributed by atoms with Gasteiger partial charge in [-0.15, -0.1) is 0 Å². The molecule has 0 bridgehead atoms. The number of halogens is 2. The summed E-state index contributed by atoms with van der Waals surface area (Å²) in [6.07, 6.45) is 2.83. The lowest BCUT2D eigenvalue weighted by Gasteiger charge is -2.42. The van der Waals surface area contributed by atoms with Crippen LogP contribution in [0.3, 0.4) is 0 Å². The number of aromatic nitrogens is 4. The highest BCUT2D eigenvalue weighted by molar-refractivity contribution is 5.70. The van der Waals surface area contributed by atoms with Gasteiger partial charge < -0.3 is 15.7 Å². The zero-order chi connectivity index (χ0) is 27.3. The molecule has 0 radical (unpaired) electrons. The van der Waals surface area contributed by atoms with Crippen LogP contribution in [0.1, 0.15) is 60.4 Å². The third kappa shape index (κ3) is 4.41. The predicted octanol–water partition coefficient (Wildman–Crippen LogP) is 4.57. The van der Waals surface area contributed by atoms with Gasteiger partial charge in [0.1, 0.15) is 5.82 Å². The first-order valence-electron chi connectivity index (χ1n) is 13.1. The fourth-order valence-electron chi connectivity index (χ4n) is 6.53. The Balaban J connectivity index is 1.40. The largest absolute Gasteiger partial charge is 0.465 e. The summed E-state index contributed by atoms with van der Waals surface area (Å²) in [4.78, 5) is 38.5. The maximum Gasteiger partial charge on any atom is 0.407 e. The summed E-state index contributed by atoms with van der Waals surface area (Å²) in [6.45, 7) is 0.236. The molecule has 2 aliphatic rings. The fraction of sp³-hybridized carbons (Fsp3) is 0.357. The first-order valence-corrected chi connectivity index (χ1v) is 13.1. The van der Waals surface area contributed by atoms with Gasteiger partial charge in [-0.1, -0.05) is 18.2 Å². The number of anilines is 1. The van der Waals surface area contributed by atoms with Crippen molar-refractivity contribution in [2.75, 3.05) is 12.3 Å². The molecule has 4 atom stereocenters. The number of nitrogen functional groups attached to an aromatic ring is 1. The number of carbonyl (C=O) groups is 1. The number of fused-ring (bicyclic) bond motifs is 2. The van der Waals surface area contributed by atoms with Crippen molar-refractivity contribution < 1.29 is 18.7 Å². The van der Waals surface area contributed by atoms with E-state index in [1.165, 1.54) is 11.0 Å². The number of amides is 1. The normalized spacial score (nSPS) is 23.4. The quantitative estimate of drug-likeness (QED) is 0.330. The van der Waals surface area contributed by atoms with E-state index in [-0.39, 0.29) is 30.1 Å². The minimum atomic E-state index is -1.05. The summed E-state index contributed by atoms with van der Waals surface area (Å²) in [6, 6.07) is 10.5. The Morgan fingerprint density at radius 1 is 1.10 bits per heavy atom. The molecular weight excluding hydrogens is 506 g/mol. The molecule has 3 aromatic heterocycles. The number of nitrogens with one attached hydrogen (secondary N) is 1. The lowest BCUT2D eigenvalue weighted by molar-refractivity contribution is 0.0779. The van der Waals surface area contributed by atoms with Crippen LogP contribution in [-0.4, -0.2) is 48.2 Å². The molecule has 4 aromatic rings. The van der Waals surface area contributed by atoms with Crippen molar-refractivity contribution in [2.24, 2.45) is 0 Å². The van der Waals surface area contributed by atoms with E-state index in [0.29, 0.717) is 60.3 Å². The van der Waals surface area contributed by atoms with Crippen molar-refractivity contribution in [3.8, 4) is 0 Å². The van der Waals surface area contributed by atoms with E-state index in [1.54, 1.807) is 29.0 Å². The number of likely N-dealkylation sites (tertiary alicyclic amines) is 1. The van der Waals surface area contributed by atoms with Crippen LogP contribution in [-0.2, 0) is 6.42 Å². The molecule has 4 heterocycles. The first kappa shape index (κ1) is 25.0. The van der Waals surface area contributed by atoms with Crippen molar-refractivity contribution in [3.63, 3.8) is 0 Å². The SMILES string of the molecule is Nc1ccc2c(n1)[C@@H](C1CC(n3c(=O)[nH]c4ncccc43)CCN1C(=O)O)CC[C@@H](c1cccc(F)c1F)C2. The number of pyridine rings is 2. The molecule has 1 fully saturated rings. The number of rotatable bonds is 3. The highest BCUT2D eigenvalue weighted by Crippen LogP contribution is 2.44. The number of H-pyrrole nitrogens is 1. The van der Waals surface area contributed by atoms with Gasteiger partial charge in [0.2, 0.25) is 0 Å². The molecule has 39 heavy (non-hydrogen) atoms. The number of benzene rings is 1. The van der Waals surface area contributed by atoms with Gasteiger partial charge in [0, 0.05) is 30.7 Å². The second kappa shape index (κ2) is 9.79. The molecule has 1 saturated heterocycles. The number of aromatic amines is 1. The maximum absolute atomic E-state index is 14.8. The predicted molar refractivity (Wildman–Crippen MR) is 141 cm³/mol. The molecule has 6 rings (SSSR count). The molecule has 2 unspecified atom stereocenters. The van der Waals surface area contributed by atoms with E-state index >= 15 is 0 Å². The summed E-state index contributed by atoms with van der Waals surface area (Å²) in [5.41, 5.74) is 8.76. The smallest absolute Gasteiger partial charge is 0.407 e. The van der Waals surface area contributed by atoms with Crippen LogP contribution in [0, 0.1) is 11.6 Å². The van der Waals surface area contributed by atoms with Crippen LogP contribution >= 0.6 is 0 Å². The van der Waals surface area contributed by atoms with E-state index in [0.717, 1.165) is 11.6 Å². The second-order valence-electron chi connectivity index (χ2n) is 10.4. The van der Waals surface area contributed by atoms with Crippen LogP contribution in [0.15, 0.2) is 53.5 Å². The third-order valence-electron chi connectivity index (χ3n) is 8.28. The number of hydrogen-bond acceptors (Lipinski definition) is 5. The van der Waals surface area contributed by atoms with Gasteiger partial charge in [0.05, 0.1) is 11.2 Å². The van der Waals surface area contributed by atoms with Gasteiger partial charge in [-0.05, 0) is 73.4 Å². The maximum atomic E-state index is 14.8. The zero-order valence-electron chi connectivity index (χ0n) is 21.1. The van der Waals surface area contributed by atoms with Crippen LogP contribution in [0.2, 0.25) is 0 Å². The molecule has 1 amide bonds. The number of nitrogens with zero attached hydrogens (tertiary/aromatic N) is 4. The van der Waals surface area contributed by atoms with E-state index in [2.05, 4.69) is 15.0 Å². The molecule has 1 aliphatic heterocycles. The van der Waals surface area contributed by atoms with Crippen LogP contribution in [0.5, 0.6) is 0 Å². The fourth-order valence-corrected chi connectivity index (χ4v) is 6.53. The molecule has 1 aliphatic carbocycles. The van der Waals surface area contributed by atoms with Crippen LogP contribution < -0.4 is 11.4 Å². The van der Waals surface area contributed by atoms with Gasteiger partial charge in [0.25, 0.3) is 0 Å². The lowest BCUT2D eigenvalue weighted by Crippen LogP contribution is -2.49. The van der Waals surface area contributed by atoms with Crippen molar-refractivity contribution in [2.45, 2.75) is 56.0 Å². The number of hydrogen-bond donors (Lipinski definition) is 3. The average Bonchev–Trinajstić information content (AvgIpc) is 3.14. The monoisotopic (exact) mass is 534 g/mol. The summed E-state index contributed by atoms with van der Waals surface area (Å²) < 4.78 is 30.6. The Bertz CT molecular complexity index is 1620. The number of imidazole rings is 1. The van der Waals surface area contributed by atoms with E-state index in [9.17, 15) is 23.5 Å². The highest BCUT2D eigenvalue weighted by Gasteiger charge is 2.41. The second-order valence-corrected chi connectivity index (χ2v) is 10.4. The molecule has 0 saturated carbocycles. The molecular formula is C28H28F2N6O3. The molecule has 11 heteroatoms. The number of nitrogens with two attached hydrogens (primary N) is 1. The van der Waals surface area contributed by atoms with E-state index in [1.807, 2.05) is 12.1 Å². The van der Waals surface area contributed by atoms with Gasteiger partial charge in [0.15, 0.2) is 17.3 Å². The van der Waals surface area contributed by atoms with Crippen molar-refractivity contribution in [1.82, 2.24) is 24.4 Å². The Labute approximate surface area is 222 Å². The average molecular weight is 535 g/mol. The Hall–Kier alpha value is -4.28. The Morgan fingerprint density at radius 3 is 2.77 bits per heavy atom. The molecule has 4 N–H and O–H groups in total. The van der Waals surface area contributed by atoms with E-state index < -0.39 is 23.8 Å². The van der Waals surface area contributed by atoms with Gasteiger partial charge in [-0.2, -0.15) is 0 Å². The van der Waals surface area contributed by atoms with Crippen LogP contribution in [0.25, 0.3) is 11.2 Å². The Kier molecular flexibility index (Phi) is 6.28. The van der Waals surface area contributed by atoms with Gasteiger partial charge in [-0.3, -0.25) is 9.55 Å². The standard InChI is InChI=1S/C28H28F2N6O3/c29-20-4-1-3-18(24(20)30)15-6-8-19(25-16(13-15)7-9-23(31)33-25)22-14-17(10-12-35(22)28(38)39)36-21-5-2-11-32-26(21)34-27(36)37/h1-5,7,9,11,15,17,19,22H,6,8,10,12-14H2,(H2,31,33)(H,38,39)(H,32,34,37)/t15-,17?,19-,22?/m1/s1. The van der Waals surface area contributed by atoms with Crippen LogP contribution in [0.4, 0.5) is 19.4 Å². The molecule has 0 spiro atoms. The summed E-state index contributed by atoms with van der Waals surface area (Å²) in [7, 11) is 0. The zero-order valence-corrected chi connectivity index (χ0v) is 21.1. The summed E-state index contributed by atoms with van der Waals surface area (Å²) in [5, 5.41) is 10.2. The van der Waals surface area contributed by atoms with Crippen molar-refractivity contribution in [3.05, 3.63) is 87.6 Å². The molecule has 9 nitrogen and oxygen atoms in total. The Morgan fingerprint density at radius 2 is 1.95 bits per heavy atom. The van der Waals surface area contributed by atoms with Gasteiger partial charge in [-0.25, -0.2) is 28.3 Å². The first-order chi connectivity index (χ1) is 18.8. The summed E-state index contributed by atoms with van der Waals surface area (Å²) >= 11 is 0. The summed E-state index contributed by atoms with van der Waals surface area (Å²) in [5.74, 6) is -2.10. The topological polar surface area (TPSA) is 130 Å². The molecule has 1 aromatic carbocycles. The third-order valence-corrected chi connectivity index (χ3v) is 8.28. The number of piperidine rings is 1. The lowest BCUT2D eigenvalue weighted by atomic mass is 9.82. The van der Waals surface area contributed by atoms with Crippen molar-refractivity contribution >= 4 is 23.1 Å². The highest BCUT2D eigenvalue weighted by atomic mass is 19.2.